The molecule has 10 heteroatoms. The minimum Gasteiger partial charge on any atom is -0.469 e. The first-order valence-corrected chi connectivity index (χ1v) is 4.93. The highest BCUT2D eigenvalue weighted by Gasteiger charge is 2.36. The van der Waals surface area contributed by atoms with Crippen LogP contribution in [0, 0.1) is 5.82 Å². The lowest BCUT2D eigenvalue weighted by Crippen LogP contribution is -2.20. The number of pyridine rings is 1. The van der Waals surface area contributed by atoms with E-state index in [2.05, 4.69) is 14.5 Å². The predicted molar refractivity (Wildman–Crippen MR) is 51.6 cm³/mol. The summed E-state index contributed by atoms with van der Waals surface area (Å²) in [6.45, 7) is 0. The molecule has 0 spiro atoms. The number of hydrogen-bond acceptors (Lipinski definition) is 4. The molecule has 0 amide bonds. The van der Waals surface area contributed by atoms with Gasteiger partial charge in [-0.2, -0.15) is 0 Å². The van der Waals surface area contributed by atoms with Gasteiger partial charge in [-0.15, -0.1) is 13.2 Å². The third kappa shape index (κ3) is 4.00. The monoisotopic (exact) mass is 303 g/mol. The molecule has 20 heavy (non-hydrogen) atoms. The Morgan fingerprint density at radius 1 is 1.40 bits per heavy atom. The number of carbonyl (C=O) groups is 1. The van der Waals surface area contributed by atoms with Crippen LogP contribution in [0.5, 0.6) is 5.75 Å². The summed E-state index contributed by atoms with van der Waals surface area (Å²) in [5, 5.41) is 0. The molecule has 0 aromatic carbocycles. The normalized spacial score (nSPS) is 11.6. The van der Waals surface area contributed by atoms with Crippen LogP contribution in [0.15, 0.2) is 6.20 Å². The van der Waals surface area contributed by atoms with Gasteiger partial charge in [0.15, 0.2) is 11.6 Å². The van der Waals surface area contributed by atoms with E-state index in [4.69, 9.17) is 0 Å². The van der Waals surface area contributed by atoms with E-state index in [-0.39, 0.29) is 0 Å². The zero-order valence-corrected chi connectivity index (χ0v) is 9.80. The van der Waals surface area contributed by atoms with E-state index in [9.17, 15) is 31.1 Å². The van der Waals surface area contributed by atoms with Crippen LogP contribution in [-0.4, -0.2) is 24.4 Å². The lowest BCUT2D eigenvalue weighted by atomic mass is 10.2. The molecule has 0 atom stereocenters. The Balaban J connectivity index is 3.27. The zero-order chi connectivity index (χ0) is 15.5. The topological polar surface area (TPSA) is 48.4 Å². The largest absolute Gasteiger partial charge is 0.573 e. The number of methoxy groups -OCH3 is 1. The van der Waals surface area contributed by atoms with E-state index in [0.29, 0.717) is 6.20 Å². The molecule has 0 bridgehead atoms. The van der Waals surface area contributed by atoms with Gasteiger partial charge < -0.3 is 9.47 Å². The minimum absolute atomic E-state index is 0.313. The van der Waals surface area contributed by atoms with Gasteiger partial charge in [0.2, 0.25) is 0 Å². The fraction of sp³-hybridized carbons (Fsp3) is 0.400. The Morgan fingerprint density at radius 3 is 2.45 bits per heavy atom. The van der Waals surface area contributed by atoms with Gasteiger partial charge in [-0.1, -0.05) is 0 Å². The number of halogens is 6. The average Bonchev–Trinajstić information content (AvgIpc) is 2.32. The number of nitrogens with zero attached hydrogens (tertiary/aromatic N) is 1. The Hall–Kier alpha value is -2.00. The first kappa shape index (κ1) is 16.1. The molecule has 0 saturated heterocycles. The molecule has 1 rings (SSSR count). The molecule has 1 heterocycles. The van der Waals surface area contributed by atoms with Crippen molar-refractivity contribution in [1.82, 2.24) is 4.98 Å². The summed E-state index contributed by atoms with van der Waals surface area (Å²) in [6, 6.07) is 0. The highest BCUT2D eigenvalue weighted by Crippen LogP contribution is 2.35. The third-order valence-electron chi connectivity index (χ3n) is 2.07. The molecular formula is C10H7F6NO3. The molecule has 0 aliphatic rings. The van der Waals surface area contributed by atoms with E-state index in [1.807, 2.05) is 0 Å². The number of aromatic nitrogens is 1. The highest BCUT2D eigenvalue weighted by atomic mass is 19.4. The number of hydrogen-bond donors (Lipinski definition) is 0. The summed E-state index contributed by atoms with van der Waals surface area (Å²) in [5.41, 5.74) is -2.16. The molecule has 4 nitrogen and oxygen atoms in total. The maximum absolute atomic E-state index is 13.7. The number of alkyl halides is 5. The standard InChI is InChI=1S/C10H7F6NO3/c1-19-6(18)2-5-7(11)8(20-10(14,15)16)4(3-17-5)9(12)13/h3,9H,2H2,1H3. The Bertz CT molecular complexity index is 503. The maximum Gasteiger partial charge on any atom is 0.573 e. The summed E-state index contributed by atoms with van der Waals surface area (Å²) in [5.74, 6) is -4.49. The SMILES string of the molecule is COC(=O)Cc1ncc(C(F)F)c(OC(F)(F)F)c1F. The molecule has 112 valence electrons. The molecule has 0 fully saturated rings. The second-order valence-electron chi connectivity index (χ2n) is 3.40. The van der Waals surface area contributed by atoms with Gasteiger partial charge in [-0.05, 0) is 0 Å². The van der Waals surface area contributed by atoms with Gasteiger partial charge in [0.05, 0.1) is 24.8 Å². The van der Waals surface area contributed by atoms with Crippen LogP contribution < -0.4 is 4.74 Å². The van der Waals surface area contributed by atoms with Gasteiger partial charge in [-0.25, -0.2) is 13.2 Å². The minimum atomic E-state index is -5.37. The van der Waals surface area contributed by atoms with E-state index in [1.54, 1.807) is 0 Å². The van der Waals surface area contributed by atoms with Gasteiger partial charge in [-0.3, -0.25) is 9.78 Å². The molecule has 0 saturated carbocycles. The van der Waals surface area contributed by atoms with Crippen LogP contribution in [0.1, 0.15) is 17.7 Å². The summed E-state index contributed by atoms with van der Waals surface area (Å²) >= 11 is 0. The fourth-order valence-electron chi connectivity index (χ4n) is 1.23. The summed E-state index contributed by atoms with van der Waals surface area (Å²) < 4.78 is 82.3. The molecular weight excluding hydrogens is 296 g/mol. The van der Waals surface area contributed by atoms with Crippen molar-refractivity contribution in [3.63, 3.8) is 0 Å². The first-order valence-electron chi connectivity index (χ1n) is 4.93. The first-order chi connectivity index (χ1) is 9.15. The van der Waals surface area contributed by atoms with Crippen molar-refractivity contribution in [2.24, 2.45) is 0 Å². The zero-order valence-electron chi connectivity index (χ0n) is 9.80. The highest BCUT2D eigenvalue weighted by molar-refractivity contribution is 5.72. The fourth-order valence-corrected chi connectivity index (χ4v) is 1.23. The quantitative estimate of drug-likeness (QED) is 0.634. The maximum atomic E-state index is 13.7. The molecule has 0 aliphatic carbocycles. The van der Waals surface area contributed by atoms with Gasteiger partial charge >= 0.3 is 12.3 Å². The van der Waals surface area contributed by atoms with Crippen molar-refractivity contribution in [1.29, 1.82) is 0 Å². The van der Waals surface area contributed by atoms with Gasteiger partial charge in [0.1, 0.15) is 0 Å². The van der Waals surface area contributed by atoms with Crippen LogP contribution in [-0.2, 0) is 16.0 Å². The van der Waals surface area contributed by atoms with Crippen LogP contribution >= 0.6 is 0 Å². The molecule has 1 aromatic heterocycles. The van der Waals surface area contributed by atoms with E-state index >= 15 is 0 Å². The summed E-state index contributed by atoms with van der Waals surface area (Å²) in [4.78, 5) is 14.1. The average molecular weight is 303 g/mol. The van der Waals surface area contributed by atoms with Gasteiger partial charge in [0, 0.05) is 6.20 Å². The number of esters is 1. The van der Waals surface area contributed by atoms with Crippen molar-refractivity contribution < 1.29 is 40.6 Å². The van der Waals surface area contributed by atoms with E-state index in [0.717, 1.165) is 7.11 Å². The number of ether oxygens (including phenoxy) is 2. The van der Waals surface area contributed by atoms with Crippen LogP contribution in [0.25, 0.3) is 0 Å². The number of rotatable bonds is 4. The van der Waals surface area contributed by atoms with Gasteiger partial charge in [0.25, 0.3) is 6.43 Å². The second-order valence-corrected chi connectivity index (χ2v) is 3.40. The van der Waals surface area contributed by atoms with E-state index < -0.39 is 48.0 Å². The summed E-state index contributed by atoms with van der Waals surface area (Å²) in [7, 11) is 0.959. The van der Waals surface area contributed by atoms with Crippen molar-refractivity contribution >= 4 is 5.97 Å². The molecule has 0 aliphatic heterocycles. The lowest BCUT2D eigenvalue weighted by molar-refractivity contribution is -0.276. The molecule has 1 aromatic rings. The van der Waals surface area contributed by atoms with Crippen LogP contribution in [0.4, 0.5) is 26.3 Å². The summed E-state index contributed by atoms with van der Waals surface area (Å²) in [6.07, 6.45) is -9.30. The predicted octanol–water partition coefficient (Wildman–Crippen LogP) is 2.77. The van der Waals surface area contributed by atoms with Crippen molar-refractivity contribution in [2.45, 2.75) is 19.2 Å². The molecule has 0 N–H and O–H groups in total. The van der Waals surface area contributed by atoms with Crippen molar-refractivity contribution in [3.05, 3.63) is 23.3 Å². The Kier molecular flexibility index (Phi) is 4.79. The lowest BCUT2D eigenvalue weighted by Gasteiger charge is -2.14. The molecule has 0 unspecified atom stereocenters. The molecule has 0 radical (unpaired) electrons. The van der Waals surface area contributed by atoms with Crippen LogP contribution in [0.3, 0.4) is 0 Å². The van der Waals surface area contributed by atoms with Crippen LogP contribution in [0.2, 0.25) is 0 Å². The van der Waals surface area contributed by atoms with Crippen molar-refractivity contribution in [2.75, 3.05) is 7.11 Å². The second kappa shape index (κ2) is 5.97. The number of carbonyl (C=O) groups excluding carboxylic acids is 1. The Morgan fingerprint density at radius 2 is 2.00 bits per heavy atom. The Labute approximate surface area is 108 Å². The third-order valence-corrected chi connectivity index (χ3v) is 2.07. The van der Waals surface area contributed by atoms with Crippen molar-refractivity contribution in [3.8, 4) is 5.75 Å². The smallest absolute Gasteiger partial charge is 0.469 e. The van der Waals surface area contributed by atoms with E-state index in [1.165, 1.54) is 0 Å².